The van der Waals surface area contributed by atoms with Gasteiger partial charge in [0.1, 0.15) is 17.2 Å². The van der Waals surface area contributed by atoms with Gasteiger partial charge in [-0.05, 0) is 18.4 Å². The number of benzene rings is 3. The molecule has 6 heteroatoms. The maximum atomic E-state index is 12.6. The minimum atomic E-state index is -0.720. The second kappa shape index (κ2) is 8.18. The molecule has 1 amide bonds. The lowest BCUT2D eigenvalue weighted by atomic mass is 10.1. The molecular formula is C21H20ClNO4. The Morgan fingerprint density at radius 3 is 2.41 bits per heavy atom. The first-order valence-electron chi connectivity index (χ1n) is 8.40. The van der Waals surface area contributed by atoms with E-state index in [9.17, 15) is 4.79 Å². The quantitative estimate of drug-likeness (QED) is 0.654. The number of halogens is 1. The summed E-state index contributed by atoms with van der Waals surface area (Å²) in [5, 5.41) is 5.20. The van der Waals surface area contributed by atoms with E-state index in [-0.39, 0.29) is 5.91 Å². The van der Waals surface area contributed by atoms with Crippen LogP contribution < -0.4 is 19.5 Å². The van der Waals surface area contributed by atoms with Crippen molar-refractivity contribution in [2.75, 3.05) is 19.5 Å². The third-order valence-corrected chi connectivity index (χ3v) is 4.45. The van der Waals surface area contributed by atoms with E-state index in [1.807, 2.05) is 42.5 Å². The molecule has 0 saturated carbocycles. The monoisotopic (exact) mass is 385 g/mol. The van der Waals surface area contributed by atoms with Gasteiger partial charge in [0.05, 0.1) is 24.9 Å². The summed E-state index contributed by atoms with van der Waals surface area (Å²) in [7, 11) is 3.01. The molecule has 0 radical (unpaired) electrons. The number of fused-ring (bicyclic) bond motifs is 1. The van der Waals surface area contributed by atoms with Crippen LogP contribution in [0.25, 0.3) is 10.8 Å². The highest BCUT2D eigenvalue weighted by Crippen LogP contribution is 2.36. The van der Waals surface area contributed by atoms with E-state index in [1.54, 1.807) is 19.1 Å². The second-order valence-electron chi connectivity index (χ2n) is 5.91. The molecular weight excluding hydrogens is 366 g/mol. The lowest BCUT2D eigenvalue weighted by Gasteiger charge is -2.18. The standard InChI is InChI=1S/C21H20ClNO4/c1-13(27-18-10-6-8-14-7-4-5-9-15(14)18)21(24)23-17-12-19(25-2)16(22)11-20(17)26-3/h4-13H,1-3H3,(H,23,24)/t13-/m1/s1. The Hall–Kier alpha value is -2.92. The lowest BCUT2D eigenvalue weighted by molar-refractivity contribution is -0.122. The van der Waals surface area contributed by atoms with Gasteiger partial charge in [0.15, 0.2) is 6.10 Å². The van der Waals surface area contributed by atoms with Crippen LogP contribution in [0.4, 0.5) is 5.69 Å². The first-order chi connectivity index (χ1) is 13.0. The van der Waals surface area contributed by atoms with Crippen LogP contribution in [-0.2, 0) is 4.79 Å². The summed E-state index contributed by atoms with van der Waals surface area (Å²) in [6.07, 6.45) is -0.720. The van der Waals surface area contributed by atoms with Crippen LogP contribution in [0, 0.1) is 0 Å². The first kappa shape index (κ1) is 18.9. The summed E-state index contributed by atoms with van der Waals surface area (Å²) in [4.78, 5) is 12.6. The van der Waals surface area contributed by atoms with Gasteiger partial charge in [-0.15, -0.1) is 0 Å². The molecule has 0 unspecified atom stereocenters. The van der Waals surface area contributed by atoms with Crippen molar-refractivity contribution < 1.29 is 19.0 Å². The van der Waals surface area contributed by atoms with Crippen LogP contribution in [0.2, 0.25) is 5.02 Å². The number of anilines is 1. The number of hydrogen-bond acceptors (Lipinski definition) is 4. The highest BCUT2D eigenvalue weighted by molar-refractivity contribution is 6.32. The number of methoxy groups -OCH3 is 2. The fourth-order valence-electron chi connectivity index (χ4n) is 2.73. The SMILES string of the molecule is COc1cc(NC(=O)[C@@H](C)Oc2cccc3ccccc23)c(OC)cc1Cl. The molecule has 27 heavy (non-hydrogen) atoms. The average Bonchev–Trinajstić information content (AvgIpc) is 2.69. The number of amides is 1. The molecule has 140 valence electrons. The van der Waals surface area contributed by atoms with Gasteiger partial charge in [0, 0.05) is 17.5 Å². The zero-order valence-electron chi connectivity index (χ0n) is 15.3. The molecule has 0 aliphatic carbocycles. The van der Waals surface area contributed by atoms with Crippen LogP contribution in [0.15, 0.2) is 54.6 Å². The van der Waals surface area contributed by atoms with Crippen molar-refractivity contribution in [1.82, 2.24) is 0 Å². The molecule has 5 nitrogen and oxygen atoms in total. The van der Waals surface area contributed by atoms with Crippen molar-refractivity contribution in [3.05, 3.63) is 59.6 Å². The Bertz CT molecular complexity index is 968. The second-order valence-corrected chi connectivity index (χ2v) is 6.32. The first-order valence-corrected chi connectivity index (χ1v) is 8.78. The minimum Gasteiger partial charge on any atom is -0.495 e. The Morgan fingerprint density at radius 1 is 0.963 bits per heavy atom. The number of carbonyl (C=O) groups excluding carboxylic acids is 1. The third-order valence-electron chi connectivity index (χ3n) is 4.15. The summed E-state index contributed by atoms with van der Waals surface area (Å²) in [6.45, 7) is 1.69. The third kappa shape index (κ3) is 4.09. The van der Waals surface area contributed by atoms with Crippen molar-refractivity contribution in [3.63, 3.8) is 0 Å². The zero-order chi connectivity index (χ0) is 19.4. The van der Waals surface area contributed by atoms with E-state index in [0.29, 0.717) is 28.0 Å². The van der Waals surface area contributed by atoms with Crippen molar-refractivity contribution >= 4 is 34.0 Å². The van der Waals surface area contributed by atoms with Crippen molar-refractivity contribution in [2.24, 2.45) is 0 Å². The van der Waals surface area contributed by atoms with Gasteiger partial charge in [0.25, 0.3) is 5.91 Å². The van der Waals surface area contributed by atoms with Gasteiger partial charge in [-0.2, -0.15) is 0 Å². The maximum Gasteiger partial charge on any atom is 0.265 e. The number of rotatable bonds is 6. The molecule has 3 aromatic rings. The summed E-state index contributed by atoms with van der Waals surface area (Å²) >= 11 is 6.10. The molecule has 1 N–H and O–H groups in total. The number of hydrogen-bond donors (Lipinski definition) is 1. The molecule has 0 saturated heterocycles. The van der Waals surface area contributed by atoms with Crippen molar-refractivity contribution in [2.45, 2.75) is 13.0 Å². The molecule has 0 aromatic heterocycles. The van der Waals surface area contributed by atoms with Gasteiger partial charge in [0.2, 0.25) is 0 Å². The van der Waals surface area contributed by atoms with E-state index in [4.69, 9.17) is 25.8 Å². The van der Waals surface area contributed by atoms with E-state index in [0.717, 1.165) is 10.8 Å². The lowest BCUT2D eigenvalue weighted by Crippen LogP contribution is -2.30. The van der Waals surface area contributed by atoms with E-state index in [2.05, 4.69) is 5.32 Å². The van der Waals surface area contributed by atoms with Gasteiger partial charge in [-0.25, -0.2) is 0 Å². The van der Waals surface area contributed by atoms with Crippen LogP contribution in [0.3, 0.4) is 0 Å². The molecule has 3 aromatic carbocycles. The van der Waals surface area contributed by atoms with E-state index in [1.165, 1.54) is 14.2 Å². The summed E-state index contributed by atoms with van der Waals surface area (Å²) < 4.78 is 16.4. The summed E-state index contributed by atoms with van der Waals surface area (Å²) in [6, 6.07) is 16.8. The van der Waals surface area contributed by atoms with Gasteiger partial charge in [-0.3, -0.25) is 4.79 Å². The number of carbonyl (C=O) groups is 1. The maximum absolute atomic E-state index is 12.6. The zero-order valence-corrected chi connectivity index (χ0v) is 16.0. The molecule has 0 spiro atoms. The highest BCUT2D eigenvalue weighted by atomic mass is 35.5. The summed E-state index contributed by atoms with van der Waals surface area (Å²) in [5.41, 5.74) is 0.456. The normalized spacial score (nSPS) is 11.7. The van der Waals surface area contributed by atoms with Gasteiger partial charge < -0.3 is 19.5 Å². The fourth-order valence-corrected chi connectivity index (χ4v) is 2.97. The number of nitrogens with one attached hydrogen (secondary N) is 1. The highest BCUT2D eigenvalue weighted by Gasteiger charge is 2.19. The Morgan fingerprint density at radius 2 is 1.67 bits per heavy atom. The fraction of sp³-hybridized carbons (Fsp3) is 0.190. The van der Waals surface area contributed by atoms with Gasteiger partial charge in [-0.1, -0.05) is 48.0 Å². The van der Waals surface area contributed by atoms with Crippen molar-refractivity contribution in [1.29, 1.82) is 0 Å². The molecule has 0 bridgehead atoms. The molecule has 1 atom stereocenters. The molecule has 0 fully saturated rings. The average molecular weight is 386 g/mol. The summed E-state index contributed by atoms with van der Waals surface area (Å²) in [5.74, 6) is 1.21. The van der Waals surface area contributed by atoms with Crippen LogP contribution in [0.1, 0.15) is 6.92 Å². The number of ether oxygens (including phenoxy) is 3. The Balaban J connectivity index is 1.80. The predicted octanol–water partition coefficient (Wildman–Crippen LogP) is 4.92. The molecule has 3 rings (SSSR count). The molecule has 0 heterocycles. The minimum absolute atomic E-state index is 0.314. The van der Waals surface area contributed by atoms with E-state index >= 15 is 0 Å². The Labute approximate surface area is 162 Å². The molecule has 0 aliphatic heterocycles. The van der Waals surface area contributed by atoms with Gasteiger partial charge >= 0.3 is 0 Å². The van der Waals surface area contributed by atoms with E-state index < -0.39 is 6.10 Å². The topological polar surface area (TPSA) is 56.8 Å². The smallest absolute Gasteiger partial charge is 0.265 e. The molecule has 0 aliphatic rings. The van der Waals surface area contributed by atoms with Crippen LogP contribution in [0.5, 0.6) is 17.2 Å². The predicted molar refractivity (Wildman–Crippen MR) is 107 cm³/mol. The van der Waals surface area contributed by atoms with Crippen LogP contribution in [-0.4, -0.2) is 26.2 Å². The van der Waals surface area contributed by atoms with Crippen molar-refractivity contribution in [3.8, 4) is 17.2 Å². The van der Waals surface area contributed by atoms with Crippen LogP contribution >= 0.6 is 11.6 Å². The Kier molecular flexibility index (Phi) is 5.72. The largest absolute Gasteiger partial charge is 0.495 e.